The first-order valence-electron chi connectivity index (χ1n) is 9.43. The molecule has 0 aliphatic rings. The molecule has 0 atom stereocenters. The highest BCUT2D eigenvalue weighted by molar-refractivity contribution is 5.92. The average molecular weight is 391 g/mol. The van der Waals surface area contributed by atoms with Crippen LogP contribution in [0, 0.1) is 6.92 Å². The zero-order valence-electron chi connectivity index (χ0n) is 16.9. The van der Waals surface area contributed by atoms with Gasteiger partial charge in [0, 0.05) is 6.42 Å². The summed E-state index contributed by atoms with van der Waals surface area (Å²) >= 11 is 0. The monoisotopic (exact) mass is 391 g/mol. The van der Waals surface area contributed by atoms with E-state index < -0.39 is 0 Å². The van der Waals surface area contributed by atoms with Gasteiger partial charge in [0.2, 0.25) is 5.91 Å². The molecule has 0 aliphatic carbocycles. The fourth-order valence-electron chi connectivity index (χ4n) is 2.90. The minimum atomic E-state index is -0.0836. The van der Waals surface area contributed by atoms with Crippen molar-refractivity contribution in [1.82, 2.24) is 0 Å². The molecule has 5 nitrogen and oxygen atoms in total. The van der Waals surface area contributed by atoms with Crippen LogP contribution in [0.2, 0.25) is 0 Å². The van der Waals surface area contributed by atoms with Crippen LogP contribution < -0.4 is 19.5 Å². The van der Waals surface area contributed by atoms with Gasteiger partial charge in [-0.25, -0.2) is 0 Å². The SMILES string of the molecule is COc1ccc(CCC(=O)Nc2ccccc2Oc2ccc(C)cc2)cc1OC. The third-order valence-corrected chi connectivity index (χ3v) is 4.50. The van der Waals surface area contributed by atoms with E-state index >= 15 is 0 Å². The number of hydrogen-bond acceptors (Lipinski definition) is 4. The lowest BCUT2D eigenvalue weighted by atomic mass is 10.1. The Hall–Kier alpha value is -3.47. The quantitative estimate of drug-likeness (QED) is 0.560. The second-order valence-corrected chi connectivity index (χ2v) is 6.65. The number of para-hydroxylation sites is 2. The lowest BCUT2D eigenvalue weighted by Gasteiger charge is -2.13. The number of ether oxygens (including phenoxy) is 3. The molecule has 0 saturated carbocycles. The molecule has 0 aliphatic heterocycles. The molecule has 0 heterocycles. The zero-order valence-corrected chi connectivity index (χ0v) is 16.9. The highest BCUT2D eigenvalue weighted by Crippen LogP contribution is 2.30. The molecule has 0 fully saturated rings. The van der Waals surface area contributed by atoms with Crippen LogP contribution >= 0.6 is 0 Å². The number of carbonyl (C=O) groups is 1. The van der Waals surface area contributed by atoms with Gasteiger partial charge in [-0.2, -0.15) is 0 Å². The van der Waals surface area contributed by atoms with E-state index in [4.69, 9.17) is 14.2 Å². The van der Waals surface area contributed by atoms with E-state index in [0.717, 1.165) is 16.9 Å². The summed E-state index contributed by atoms with van der Waals surface area (Å²) in [5, 5.41) is 2.94. The van der Waals surface area contributed by atoms with Gasteiger partial charge in [-0.05, 0) is 55.3 Å². The van der Waals surface area contributed by atoms with Crippen molar-refractivity contribution in [3.63, 3.8) is 0 Å². The van der Waals surface area contributed by atoms with Gasteiger partial charge >= 0.3 is 0 Å². The molecule has 3 aromatic carbocycles. The van der Waals surface area contributed by atoms with Crippen LogP contribution in [0.1, 0.15) is 17.5 Å². The minimum Gasteiger partial charge on any atom is -0.493 e. The minimum absolute atomic E-state index is 0.0836. The van der Waals surface area contributed by atoms with Crippen LogP contribution in [0.5, 0.6) is 23.0 Å². The summed E-state index contributed by atoms with van der Waals surface area (Å²) < 4.78 is 16.5. The summed E-state index contributed by atoms with van der Waals surface area (Å²) in [5.41, 5.74) is 2.81. The Balaban J connectivity index is 1.63. The molecule has 0 bridgehead atoms. The first-order chi connectivity index (χ1) is 14.1. The van der Waals surface area contributed by atoms with Crippen LogP contribution in [0.25, 0.3) is 0 Å². The smallest absolute Gasteiger partial charge is 0.224 e. The predicted molar refractivity (Wildman–Crippen MR) is 114 cm³/mol. The fourth-order valence-corrected chi connectivity index (χ4v) is 2.90. The molecule has 0 saturated heterocycles. The molecular weight excluding hydrogens is 366 g/mol. The number of carbonyl (C=O) groups excluding carboxylic acids is 1. The molecule has 1 amide bonds. The van der Waals surface area contributed by atoms with Gasteiger partial charge in [0.25, 0.3) is 0 Å². The Kier molecular flexibility index (Phi) is 6.74. The summed E-state index contributed by atoms with van der Waals surface area (Å²) in [6, 6.07) is 20.9. The normalized spacial score (nSPS) is 10.3. The third kappa shape index (κ3) is 5.51. The molecule has 3 rings (SSSR count). The van der Waals surface area contributed by atoms with Crippen molar-refractivity contribution in [3.05, 3.63) is 77.9 Å². The number of methoxy groups -OCH3 is 2. The Morgan fingerprint density at radius 1 is 0.862 bits per heavy atom. The van der Waals surface area contributed by atoms with Crippen LogP contribution in [0.4, 0.5) is 5.69 Å². The van der Waals surface area contributed by atoms with Crippen LogP contribution in [-0.2, 0) is 11.2 Å². The van der Waals surface area contributed by atoms with Crippen LogP contribution in [0.3, 0.4) is 0 Å². The van der Waals surface area contributed by atoms with Crippen molar-refractivity contribution in [3.8, 4) is 23.0 Å². The Labute approximate surface area is 171 Å². The fraction of sp³-hybridized carbons (Fsp3) is 0.208. The number of hydrogen-bond donors (Lipinski definition) is 1. The summed E-state index contributed by atoms with van der Waals surface area (Å²) in [6.07, 6.45) is 0.932. The Bertz CT molecular complexity index is 967. The van der Waals surface area contributed by atoms with E-state index in [0.29, 0.717) is 35.8 Å². The first-order valence-corrected chi connectivity index (χ1v) is 9.43. The molecule has 150 valence electrons. The number of amides is 1. The van der Waals surface area contributed by atoms with E-state index in [1.165, 1.54) is 0 Å². The van der Waals surface area contributed by atoms with Crippen LogP contribution in [0.15, 0.2) is 66.7 Å². The average Bonchev–Trinajstić information content (AvgIpc) is 2.75. The maximum absolute atomic E-state index is 12.5. The number of rotatable bonds is 8. The highest BCUT2D eigenvalue weighted by atomic mass is 16.5. The molecule has 1 N–H and O–H groups in total. The van der Waals surface area contributed by atoms with Crippen molar-refractivity contribution >= 4 is 11.6 Å². The molecule has 29 heavy (non-hydrogen) atoms. The van der Waals surface area contributed by atoms with Gasteiger partial charge in [0.05, 0.1) is 19.9 Å². The predicted octanol–water partition coefficient (Wildman–Crippen LogP) is 5.38. The summed E-state index contributed by atoms with van der Waals surface area (Å²) in [5.74, 6) is 2.57. The number of benzene rings is 3. The van der Waals surface area contributed by atoms with E-state index in [1.54, 1.807) is 14.2 Å². The summed E-state index contributed by atoms with van der Waals surface area (Å²) in [7, 11) is 3.19. The molecule has 0 radical (unpaired) electrons. The zero-order chi connectivity index (χ0) is 20.6. The molecule has 5 heteroatoms. The number of anilines is 1. The molecule has 3 aromatic rings. The van der Waals surface area contributed by atoms with E-state index in [2.05, 4.69) is 5.32 Å². The van der Waals surface area contributed by atoms with E-state index in [1.807, 2.05) is 73.7 Å². The van der Waals surface area contributed by atoms with Gasteiger partial charge in [-0.15, -0.1) is 0 Å². The van der Waals surface area contributed by atoms with Crippen molar-refractivity contribution in [2.45, 2.75) is 19.8 Å². The van der Waals surface area contributed by atoms with Gasteiger partial charge in [0.15, 0.2) is 17.2 Å². The van der Waals surface area contributed by atoms with Gasteiger partial charge in [-0.3, -0.25) is 4.79 Å². The molecule has 0 aromatic heterocycles. The second kappa shape index (κ2) is 9.64. The van der Waals surface area contributed by atoms with Crippen molar-refractivity contribution in [1.29, 1.82) is 0 Å². The number of aryl methyl sites for hydroxylation is 2. The second-order valence-electron chi connectivity index (χ2n) is 6.65. The summed E-state index contributed by atoms with van der Waals surface area (Å²) in [6.45, 7) is 2.02. The Morgan fingerprint density at radius 3 is 2.31 bits per heavy atom. The van der Waals surface area contributed by atoms with Crippen molar-refractivity contribution < 1.29 is 19.0 Å². The largest absolute Gasteiger partial charge is 0.493 e. The van der Waals surface area contributed by atoms with Gasteiger partial charge in [-0.1, -0.05) is 35.9 Å². The standard InChI is InChI=1S/C24H25NO4/c1-17-8-12-19(13-9-17)29-21-7-5-4-6-20(21)25-24(26)15-11-18-10-14-22(27-2)23(16-18)28-3/h4-10,12-14,16H,11,15H2,1-3H3,(H,25,26). The first kappa shape index (κ1) is 20.3. The number of nitrogens with one attached hydrogen (secondary N) is 1. The van der Waals surface area contributed by atoms with Gasteiger partial charge < -0.3 is 19.5 Å². The van der Waals surface area contributed by atoms with Crippen LogP contribution in [-0.4, -0.2) is 20.1 Å². The Morgan fingerprint density at radius 2 is 1.59 bits per heavy atom. The lowest BCUT2D eigenvalue weighted by Crippen LogP contribution is -2.13. The van der Waals surface area contributed by atoms with E-state index in [9.17, 15) is 4.79 Å². The summed E-state index contributed by atoms with van der Waals surface area (Å²) in [4.78, 5) is 12.5. The molecule has 0 spiro atoms. The molecule has 0 unspecified atom stereocenters. The highest BCUT2D eigenvalue weighted by Gasteiger charge is 2.10. The van der Waals surface area contributed by atoms with Crippen molar-refractivity contribution in [2.24, 2.45) is 0 Å². The topological polar surface area (TPSA) is 56.8 Å². The maximum atomic E-state index is 12.5. The van der Waals surface area contributed by atoms with Gasteiger partial charge in [0.1, 0.15) is 5.75 Å². The van der Waals surface area contributed by atoms with Crippen molar-refractivity contribution in [2.75, 3.05) is 19.5 Å². The lowest BCUT2D eigenvalue weighted by molar-refractivity contribution is -0.116. The maximum Gasteiger partial charge on any atom is 0.224 e. The third-order valence-electron chi connectivity index (χ3n) is 4.50. The molecular formula is C24H25NO4. The van der Waals surface area contributed by atoms with E-state index in [-0.39, 0.29) is 5.91 Å².